The molecule has 1 aliphatic rings. The standard InChI is InChI=1S/C29H25NO2/c1-2-18-30-28-13-6-5-12-26(28)27(29(30)31)19-21-14-16-24(17-15-21)32-20-23-10-7-9-22-8-3-4-11-25(22)23/h3-17,19H,2,18,20H2,1H3/b27-19-. The van der Waals surface area contributed by atoms with Crippen LogP contribution < -0.4 is 9.64 Å². The number of benzene rings is 4. The second kappa shape index (κ2) is 8.72. The third-order valence-electron chi connectivity index (χ3n) is 5.87. The number of amides is 1. The number of ether oxygens (including phenoxy) is 1. The van der Waals surface area contributed by atoms with Crippen LogP contribution in [0, 0.1) is 0 Å². The summed E-state index contributed by atoms with van der Waals surface area (Å²) in [4.78, 5) is 14.9. The Kier molecular flexibility index (Phi) is 5.47. The number of anilines is 1. The van der Waals surface area contributed by atoms with E-state index in [0.29, 0.717) is 6.61 Å². The Hall–Kier alpha value is -3.85. The van der Waals surface area contributed by atoms with E-state index in [-0.39, 0.29) is 5.91 Å². The smallest absolute Gasteiger partial charge is 0.258 e. The van der Waals surface area contributed by atoms with E-state index in [2.05, 4.69) is 49.4 Å². The molecule has 3 heteroatoms. The van der Waals surface area contributed by atoms with E-state index in [1.807, 2.05) is 59.5 Å². The van der Waals surface area contributed by atoms with Gasteiger partial charge in [-0.2, -0.15) is 0 Å². The van der Waals surface area contributed by atoms with Gasteiger partial charge in [0.1, 0.15) is 12.4 Å². The first-order chi connectivity index (χ1) is 15.7. The zero-order chi connectivity index (χ0) is 21.9. The van der Waals surface area contributed by atoms with E-state index in [1.54, 1.807) is 0 Å². The number of fused-ring (bicyclic) bond motifs is 2. The summed E-state index contributed by atoms with van der Waals surface area (Å²) in [7, 11) is 0. The molecule has 0 aromatic heterocycles. The van der Waals surface area contributed by atoms with E-state index in [1.165, 1.54) is 16.3 Å². The highest BCUT2D eigenvalue weighted by Crippen LogP contribution is 2.37. The number of rotatable bonds is 6. The van der Waals surface area contributed by atoms with Crippen LogP contribution in [-0.2, 0) is 11.4 Å². The van der Waals surface area contributed by atoms with Crippen molar-refractivity contribution >= 4 is 34.0 Å². The summed E-state index contributed by atoms with van der Waals surface area (Å²) in [5.74, 6) is 0.884. The first kappa shape index (κ1) is 20.1. The van der Waals surface area contributed by atoms with Crippen LogP contribution in [0.5, 0.6) is 5.75 Å². The molecule has 0 bridgehead atoms. The lowest BCUT2D eigenvalue weighted by molar-refractivity contribution is -0.113. The molecule has 0 atom stereocenters. The van der Waals surface area contributed by atoms with Gasteiger partial charge in [0.2, 0.25) is 0 Å². The Labute approximate surface area is 188 Å². The molecule has 4 aromatic carbocycles. The average Bonchev–Trinajstić information content (AvgIpc) is 3.10. The van der Waals surface area contributed by atoms with Crippen molar-refractivity contribution in [3.8, 4) is 5.75 Å². The summed E-state index contributed by atoms with van der Waals surface area (Å²) in [6, 6.07) is 30.6. The second-order valence-corrected chi connectivity index (χ2v) is 8.03. The molecule has 1 amide bonds. The number of carbonyl (C=O) groups excluding carboxylic acids is 1. The summed E-state index contributed by atoms with van der Waals surface area (Å²) < 4.78 is 6.06. The molecule has 0 unspecified atom stereocenters. The molecule has 4 aromatic rings. The molecule has 0 spiro atoms. The molecule has 0 saturated heterocycles. The molecule has 1 heterocycles. The molecule has 5 rings (SSSR count). The lowest BCUT2D eigenvalue weighted by atomic mass is 10.0. The van der Waals surface area contributed by atoms with Crippen LogP contribution in [0.4, 0.5) is 5.69 Å². The van der Waals surface area contributed by atoms with Crippen LogP contribution in [0.25, 0.3) is 22.4 Å². The Balaban J connectivity index is 1.35. The Morgan fingerprint density at radius 2 is 1.59 bits per heavy atom. The fourth-order valence-corrected chi connectivity index (χ4v) is 4.30. The zero-order valence-electron chi connectivity index (χ0n) is 18.1. The van der Waals surface area contributed by atoms with Crippen LogP contribution in [-0.4, -0.2) is 12.5 Å². The fourth-order valence-electron chi connectivity index (χ4n) is 4.30. The highest BCUT2D eigenvalue weighted by Gasteiger charge is 2.31. The Morgan fingerprint density at radius 1 is 0.844 bits per heavy atom. The van der Waals surface area contributed by atoms with Crippen molar-refractivity contribution in [2.75, 3.05) is 11.4 Å². The summed E-state index contributed by atoms with van der Waals surface area (Å²) in [5.41, 5.74) is 4.90. The van der Waals surface area contributed by atoms with Gasteiger partial charge in [0.05, 0.1) is 5.69 Å². The molecular formula is C29H25NO2. The number of hydrogen-bond donors (Lipinski definition) is 0. The minimum Gasteiger partial charge on any atom is -0.489 e. The van der Waals surface area contributed by atoms with Gasteiger partial charge in [0.15, 0.2) is 0 Å². The van der Waals surface area contributed by atoms with Crippen LogP contribution in [0.2, 0.25) is 0 Å². The largest absolute Gasteiger partial charge is 0.489 e. The van der Waals surface area contributed by atoms with Crippen molar-refractivity contribution in [1.82, 2.24) is 0 Å². The lowest BCUT2D eigenvalue weighted by Crippen LogP contribution is -2.26. The molecular weight excluding hydrogens is 394 g/mol. The van der Waals surface area contributed by atoms with Crippen molar-refractivity contribution < 1.29 is 9.53 Å². The summed E-state index contributed by atoms with van der Waals surface area (Å²) in [6.45, 7) is 3.34. The number of carbonyl (C=O) groups is 1. The maximum absolute atomic E-state index is 13.0. The predicted octanol–water partition coefficient (Wildman–Crippen LogP) is 6.72. The highest BCUT2D eigenvalue weighted by atomic mass is 16.5. The monoisotopic (exact) mass is 419 g/mol. The Bertz CT molecular complexity index is 1300. The number of hydrogen-bond acceptors (Lipinski definition) is 2. The summed E-state index contributed by atoms with van der Waals surface area (Å²) in [5, 5.41) is 2.43. The maximum Gasteiger partial charge on any atom is 0.258 e. The van der Waals surface area contributed by atoms with E-state index in [0.717, 1.165) is 41.1 Å². The highest BCUT2D eigenvalue weighted by molar-refractivity contribution is 6.35. The van der Waals surface area contributed by atoms with Gasteiger partial charge in [-0.25, -0.2) is 0 Å². The first-order valence-electron chi connectivity index (χ1n) is 11.1. The van der Waals surface area contributed by atoms with Gasteiger partial charge in [-0.1, -0.05) is 79.7 Å². The number of nitrogens with zero attached hydrogens (tertiary/aromatic N) is 1. The molecule has 32 heavy (non-hydrogen) atoms. The van der Waals surface area contributed by atoms with Gasteiger partial charge in [0.25, 0.3) is 5.91 Å². The zero-order valence-corrected chi connectivity index (χ0v) is 18.1. The van der Waals surface area contributed by atoms with E-state index in [9.17, 15) is 4.79 Å². The molecule has 0 radical (unpaired) electrons. The molecule has 0 fully saturated rings. The lowest BCUT2D eigenvalue weighted by Gasteiger charge is -2.15. The van der Waals surface area contributed by atoms with Crippen molar-refractivity contribution in [2.24, 2.45) is 0 Å². The third-order valence-corrected chi connectivity index (χ3v) is 5.87. The van der Waals surface area contributed by atoms with Crippen molar-refractivity contribution in [3.63, 3.8) is 0 Å². The second-order valence-electron chi connectivity index (χ2n) is 8.03. The van der Waals surface area contributed by atoms with Crippen LogP contribution in [0.1, 0.15) is 30.0 Å². The van der Waals surface area contributed by atoms with Gasteiger partial charge in [-0.15, -0.1) is 0 Å². The molecule has 0 saturated carbocycles. The van der Waals surface area contributed by atoms with Gasteiger partial charge in [0, 0.05) is 17.7 Å². The molecule has 3 nitrogen and oxygen atoms in total. The number of para-hydroxylation sites is 1. The molecule has 158 valence electrons. The predicted molar refractivity (Wildman–Crippen MR) is 132 cm³/mol. The van der Waals surface area contributed by atoms with E-state index >= 15 is 0 Å². The minimum absolute atomic E-state index is 0.0735. The van der Waals surface area contributed by atoms with E-state index < -0.39 is 0 Å². The van der Waals surface area contributed by atoms with Crippen LogP contribution >= 0.6 is 0 Å². The topological polar surface area (TPSA) is 29.5 Å². The van der Waals surface area contributed by atoms with Gasteiger partial charge < -0.3 is 9.64 Å². The normalized spacial score (nSPS) is 14.2. The summed E-state index contributed by atoms with van der Waals surface area (Å²) >= 11 is 0. The van der Waals surface area contributed by atoms with Crippen LogP contribution in [0.15, 0.2) is 91.0 Å². The van der Waals surface area contributed by atoms with Gasteiger partial charge in [-0.05, 0) is 52.6 Å². The minimum atomic E-state index is 0.0735. The quantitative estimate of drug-likeness (QED) is 0.325. The third kappa shape index (κ3) is 3.78. The maximum atomic E-state index is 13.0. The van der Waals surface area contributed by atoms with Crippen molar-refractivity contribution in [3.05, 3.63) is 108 Å². The average molecular weight is 420 g/mol. The fraction of sp³-hybridized carbons (Fsp3) is 0.138. The molecule has 1 aliphatic heterocycles. The van der Waals surface area contributed by atoms with Gasteiger partial charge >= 0.3 is 0 Å². The SMILES string of the molecule is CCCN1C(=O)/C(=C\c2ccc(OCc3cccc4ccccc34)cc2)c2ccccc21. The molecule has 0 N–H and O–H groups in total. The van der Waals surface area contributed by atoms with Crippen LogP contribution in [0.3, 0.4) is 0 Å². The molecule has 0 aliphatic carbocycles. The first-order valence-corrected chi connectivity index (χ1v) is 11.1. The van der Waals surface area contributed by atoms with Crippen molar-refractivity contribution in [2.45, 2.75) is 20.0 Å². The van der Waals surface area contributed by atoms with Crippen molar-refractivity contribution in [1.29, 1.82) is 0 Å². The Morgan fingerprint density at radius 3 is 2.44 bits per heavy atom. The van der Waals surface area contributed by atoms with Gasteiger partial charge in [-0.3, -0.25) is 4.79 Å². The summed E-state index contributed by atoms with van der Waals surface area (Å²) in [6.07, 6.45) is 2.90. The van der Waals surface area contributed by atoms with E-state index in [4.69, 9.17) is 4.74 Å².